The lowest BCUT2D eigenvalue weighted by atomic mass is 10.1. The SMILES string of the molecule is CCCCS(=O)(=O)NCCN1C(=O)c2ccc(Cl)cc2C1=O. The molecule has 0 spiro atoms. The minimum absolute atomic E-state index is 0.00464. The molecule has 0 radical (unpaired) electrons. The largest absolute Gasteiger partial charge is 0.273 e. The number of rotatable bonds is 7. The molecule has 2 rings (SSSR count). The van der Waals surface area contributed by atoms with E-state index in [1.807, 2.05) is 6.92 Å². The summed E-state index contributed by atoms with van der Waals surface area (Å²) in [7, 11) is -3.36. The van der Waals surface area contributed by atoms with Gasteiger partial charge in [0.1, 0.15) is 0 Å². The Labute approximate surface area is 134 Å². The van der Waals surface area contributed by atoms with Gasteiger partial charge >= 0.3 is 0 Å². The number of hydrogen-bond donors (Lipinski definition) is 1. The number of benzene rings is 1. The van der Waals surface area contributed by atoms with E-state index in [1.54, 1.807) is 6.07 Å². The summed E-state index contributed by atoms with van der Waals surface area (Å²) >= 11 is 5.82. The molecule has 6 nitrogen and oxygen atoms in total. The molecule has 1 N–H and O–H groups in total. The Kier molecular flexibility index (Phi) is 5.20. The standard InChI is InChI=1S/C14H17ClN2O4S/c1-2-3-8-22(20,21)16-6-7-17-13(18)11-5-4-10(15)9-12(11)14(17)19/h4-5,9,16H,2-3,6-8H2,1H3. The number of hydrogen-bond acceptors (Lipinski definition) is 4. The number of nitrogens with zero attached hydrogens (tertiary/aromatic N) is 1. The van der Waals surface area contributed by atoms with E-state index in [1.165, 1.54) is 12.1 Å². The third-order valence-corrected chi connectivity index (χ3v) is 5.06. The van der Waals surface area contributed by atoms with Gasteiger partial charge in [0.05, 0.1) is 16.9 Å². The second-order valence-corrected chi connectivity index (χ2v) is 7.38. The predicted octanol–water partition coefficient (Wildman–Crippen LogP) is 1.66. The summed E-state index contributed by atoms with van der Waals surface area (Å²) in [6.07, 6.45) is 1.35. The van der Waals surface area contributed by atoms with Crippen LogP contribution in [0.3, 0.4) is 0 Å². The zero-order valence-corrected chi connectivity index (χ0v) is 13.7. The first-order valence-corrected chi connectivity index (χ1v) is 9.02. The zero-order chi connectivity index (χ0) is 16.3. The number of sulfonamides is 1. The van der Waals surface area contributed by atoms with Gasteiger partial charge in [-0.1, -0.05) is 24.9 Å². The van der Waals surface area contributed by atoms with Gasteiger partial charge in [0.25, 0.3) is 11.8 Å². The highest BCUT2D eigenvalue weighted by molar-refractivity contribution is 7.89. The molecule has 1 aromatic carbocycles. The highest BCUT2D eigenvalue weighted by atomic mass is 35.5. The maximum absolute atomic E-state index is 12.2. The molecule has 1 aromatic rings. The normalized spacial score (nSPS) is 14.5. The highest BCUT2D eigenvalue weighted by Crippen LogP contribution is 2.25. The highest BCUT2D eigenvalue weighted by Gasteiger charge is 2.35. The van der Waals surface area contributed by atoms with Crippen LogP contribution in [-0.2, 0) is 10.0 Å². The van der Waals surface area contributed by atoms with Crippen molar-refractivity contribution in [1.29, 1.82) is 0 Å². The first-order valence-electron chi connectivity index (χ1n) is 6.99. The number of carbonyl (C=O) groups is 2. The van der Waals surface area contributed by atoms with E-state index in [-0.39, 0.29) is 24.4 Å². The van der Waals surface area contributed by atoms with Crippen molar-refractivity contribution >= 4 is 33.4 Å². The van der Waals surface area contributed by atoms with E-state index < -0.39 is 21.8 Å². The van der Waals surface area contributed by atoms with Crippen LogP contribution >= 0.6 is 11.6 Å². The van der Waals surface area contributed by atoms with E-state index >= 15 is 0 Å². The molecule has 1 heterocycles. The van der Waals surface area contributed by atoms with Crippen LogP contribution in [0.15, 0.2) is 18.2 Å². The fourth-order valence-corrected chi connectivity index (χ4v) is 3.57. The van der Waals surface area contributed by atoms with Gasteiger partial charge in [0.2, 0.25) is 10.0 Å². The van der Waals surface area contributed by atoms with Gasteiger partial charge in [-0.25, -0.2) is 13.1 Å². The maximum Gasteiger partial charge on any atom is 0.261 e. The Morgan fingerprint density at radius 3 is 2.55 bits per heavy atom. The first kappa shape index (κ1) is 16.9. The summed E-state index contributed by atoms with van der Waals surface area (Å²) in [6.45, 7) is 1.90. The molecule has 1 aliphatic heterocycles. The smallest absolute Gasteiger partial charge is 0.261 e. The van der Waals surface area contributed by atoms with Crippen LogP contribution in [0, 0.1) is 0 Å². The molecule has 0 saturated carbocycles. The minimum atomic E-state index is -3.36. The molecule has 0 bridgehead atoms. The first-order chi connectivity index (χ1) is 10.4. The van der Waals surface area contributed by atoms with Crippen LogP contribution < -0.4 is 4.72 Å². The average molecular weight is 345 g/mol. The third kappa shape index (κ3) is 3.66. The fourth-order valence-electron chi connectivity index (χ4n) is 2.19. The second kappa shape index (κ2) is 6.76. The number of nitrogens with one attached hydrogen (secondary N) is 1. The summed E-state index contributed by atoms with van der Waals surface area (Å²) < 4.78 is 25.7. The molecule has 1 aliphatic rings. The van der Waals surface area contributed by atoms with E-state index in [0.717, 1.165) is 11.3 Å². The second-order valence-electron chi connectivity index (χ2n) is 5.02. The van der Waals surface area contributed by atoms with Crippen molar-refractivity contribution < 1.29 is 18.0 Å². The fraction of sp³-hybridized carbons (Fsp3) is 0.429. The summed E-state index contributed by atoms with van der Waals surface area (Å²) in [5.74, 6) is -0.832. The van der Waals surface area contributed by atoms with Gasteiger partial charge in [-0.15, -0.1) is 0 Å². The molecule has 0 aromatic heterocycles. The summed E-state index contributed by atoms with van der Waals surface area (Å²) in [5.41, 5.74) is 0.551. The van der Waals surface area contributed by atoms with Gasteiger partial charge in [-0.3, -0.25) is 14.5 Å². The molecule has 0 unspecified atom stereocenters. The van der Waals surface area contributed by atoms with Crippen molar-refractivity contribution in [3.05, 3.63) is 34.3 Å². The molecule has 0 fully saturated rings. The lowest BCUT2D eigenvalue weighted by molar-refractivity contribution is 0.0657. The van der Waals surface area contributed by atoms with Crippen LogP contribution in [-0.4, -0.2) is 44.0 Å². The van der Waals surface area contributed by atoms with Crippen molar-refractivity contribution in [3.8, 4) is 0 Å². The van der Waals surface area contributed by atoms with Crippen LogP contribution in [0.2, 0.25) is 5.02 Å². The Morgan fingerprint density at radius 1 is 1.18 bits per heavy atom. The van der Waals surface area contributed by atoms with Gasteiger partial charge in [0, 0.05) is 18.1 Å². The third-order valence-electron chi connectivity index (χ3n) is 3.36. The monoisotopic (exact) mass is 344 g/mol. The number of imide groups is 1. The zero-order valence-electron chi connectivity index (χ0n) is 12.1. The molecule has 0 atom stereocenters. The van der Waals surface area contributed by atoms with Gasteiger partial charge in [-0.2, -0.15) is 0 Å². The maximum atomic E-state index is 12.2. The van der Waals surface area contributed by atoms with E-state index in [9.17, 15) is 18.0 Å². The summed E-state index contributed by atoms with van der Waals surface area (Å²) in [4.78, 5) is 25.3. The van der Waals surface area contributed by atoms with Crippen molar-refractivity contribution in [1.82, 2.24) is 9.62 Å². The van der Waals surface area contributed by atoms with Gasteiger partial charge in [-0.05, 0) is 24.6 Å². The van der Waals surface area contributed by atoms with Crippen LogP contribution in [0.4, 0.5) is 0 Å². The Balaban J connectivity index is 1.98. The minimum Gasteiger partial charge on any atom is -0.273 e. The van der Waals surface area contributed by atoms with Gasteiger partial charge in [0.15, 0.2) is 0 Å². The number of amides is 2. The number of carbonyl (C=O) groups excluding carboxylic acids is 2. The van der Waals surface area contributed by atoms with Crippen molar-refractivity contribution in [3.63, 3.8) is 0 Å². The van der Waals surface area contributed by atoms with Crippen LogP contribution in [0.1, 0.15) is 40.5 Å². The van der Waals surface area contributed by atoms with Crippen molar-refractivity contribution in [2.75, 3.05) is 18.8 Å². The van der Waals surface area contributed by atoms with E-state index in [4.69, 9.17) is 11.6 Å². The predicted molar refractivity (Wildman–Crippen MR) is 83.5 cm³/mol. The number of fused-ring (bicyclic) bond motifs is 1. The van der Waals surface area contributed by atoms with Crippen LogP contribution in [0.25, 0.3) is 0 Å². The Morgan fingerprint density at radius 2 is 1.86 bits per heavy atom. The quantitative estimate of drug-likeness (QED) is 0.762. The average Bonchev–Trinajstić information content (AvgIpc) is 2.69. The van der Waals surface area contributed by atoms with Crippen LogP contribution in [0.5, 0.6) is 0 Å². The Hall–Kier alpha value is -1.44. The molecular weight excluding hydrogens is 328 g/mol. The summed E-state index contributed by atoms with van der Waals surface area (Å²) in [6, 6.07) is 4.49. The number of halogens is 1. The molecular formula is C14H17ClN2O4S. The van der Waals surface area contributed by atoms with E-state index in [0.29, 0.717) is 17.0 Å². The molecule has 120 valence electrons. The topological polar surface area (TPSA) is 83.6 Å². The summed E-state index contributed by atoms with van der Waals surface area (Å²) in [5, 5.41) is 0.377. The van der Waals surface area contributed by atoms with E-state index in [2.05, 4.69) is 4.72 Å². The van der Waals surface area contributed by atoms with Crippen molar-refractivity contribution in [2.24, 2.45) is 0 Å². The molecule has 22 heavy (non-hydrogen) atoms. The molecule has 0 aliphatic carbocycles. The number of unbranched alkanes of at least 4 members (excludes halogenated alkanes) is 1. The molecule has 2 amide bonds. The molecule has 0 saturated heterocycles. The van der Waals surface area contributed by atoms with Gasteiger partial charge < -0.3 is 0 Å². The lowest BCUT2D eigenvalue weighted by Gasteiger charge is -2.14. The molecule has 8 heteroatoms. The van der Waals surface area contributed by atoms with Crippen molar-refractivity contribution in [2.45, 2.75) is 19.8 Å². The lowest BCUT2D eigenvalue weighted by Crippen LogP contribution is -2.38. The Bertz CT molecular complexity index is 703.